The van der Waals surface area contributed by atoms with Crippen molar-refractivity contribution in [2.75, 3.05) is 6.79 Å². The molecule has 6 heteroatoms. The number of aromatic nitrogens is 2. The quantitative estimate of drug-likeness (QED) is 0.232. The van der Waals surface area contributed by atoms with Crippen molar-refractivity contribution in [3.63, 3.8) is 0 Å². The normalized spacial score (nSPS) is 15.5. The molecule has 1 atom stereocenters. The lowest BCUT2D eigenvalue weighted by molar-refractivity contribution is -0.150. The number of esters is 1. The molecule has 0 saturated carbocycles. The molecule has 182 valence electrons. The minimum absolute atomic E-state index is 0.0582. The number of ether oxygens (including phenoxy) is 2. The smallest absolute Gasteiger partial charge is 0.313 e. The third-order valence-electron chi connectivity index (χ3n) is 5.95. The fourth-order valence-corrected chi connectivity index (χ4v) is 4.00. The van der Waals surface area contributed by atoms with Gasteiger partial charge in [0.25, 0.3) is 0 Å². The van der Waals surface area contributed by atoms with Gasteiger partial charge < -0.3 is 9.47 Å². The molecule has 0 amide bonds. The molecule has 1 aromatic heterocycles. The van der Waals surface area contributed by atoms with E-state index in [0.717, 1.165) is 28.1 Å². The average molecular weight is 472 g/mol. The van der Waals surface area contributed by atoms with Gasteiger partial charge in [-0.25, -0.2) is 0 Å². The number of rotatable bonds is 9. The van der Waals surface area contributed by atoms with E-state index in [1.54, 1.807) is 0 Å². The van der Waals surface area contributed by atoms with Crippen molar-refractivity contribution < 1.29 is 14.3 Å². The molecule has 1 unspecified atom stereocenters. The monoisotopic (exact) mass is 471 g/mol. The minimum Gasteiger partial charge on any atom is -0.455 e. The molecule has 0 fully saturated rings. The Labute approximate surface area is 207 Å². The second-order valence-corrected chi connectivity index (χ2v) is 9.74. The van der Waals surface area contributed by atoms with Crippen molar-refractivity contribution >= 4 is 23.5 Å². The zero-order valence-electron chi connectivity index (χ0n) is 21.1. The first-order valence-electron chi connectivity index (χ1n) is 12.0. The molecule has 0 spiro atoms. The molecule has 35 heavy (non-hydrogen) atoms. The highest BCUT2D eigenvalue weighted by Gasteiger charge is 2.29. The Hall–Kier alpha value is -3.67. The van der Waals surface area contributed by atoms with E-state index >= 15 is 0 Å². The predicted octanol–water partition coefficient (Wildman–Crippen LogP) is 5.59. The van der Waals surface area contributed by atoms with Crippen LogP contribution < -0.4 is 0 Å². The Balaban J connectivity index is 1.64. The summed E-state index contributed by atoms with van der Waals surface area (Å²) in [7, 11) is 0. The van der Waals surface area contributed by atoms with Crippen LogP contribution in [0.25, 0.3) is 11.3 Å². The van der Waals surface area contributed by atoms with Gasteiger partial charge in [-0.2, -0.15) is 5.10 Å². The van der Waals surface area contributed by atoms with Gasteiger partial charge in [-0.05, 0) is 42.0 Å². The third-order valence-corrected chi connectivity index (χ3v) is 5.95. The van der Waals surface area contributed by atoms with E-state index in [1.807, 2.05) is 61.1 Å². The van der Waals surface area contributed by atoms with Crippen molar-refractivity contribution in [1.82, 2.24) is 9.78 Å². The van der Waals surface area contributed by atoms with Crippen molar-refractivity contribution in [3.05, 3.63) is 88.7 Å². The molecular formula is C29H33N3O3. The highest BCUT2D eigenvalue weighted by atomic mass is 16.7. The Bertz CT molecular complexity index is 1230. The first-order valence-corrected chi connectivity index (χ1v) is 12.0. The van der Waals surface area contributed by atoms with E-state index < -0.39 is 0 Å². The SMILES string of the molecule is CCn1nc(C)cc1/C(OCOC(=O)Cc1ccccc1)=C(/c1ccc(C(C)(C)C)cc1)C1C=N1. The van der Waals surface area contributed by atoms with E-state index in [-0.39, 0.29) is 30.6 Å². The van der Waals surface area contributed by atoms with E-state index in [0.29, 0.717) is 12.3 Å². The van der Waals surface area contributed by atoms with Gasteiger partial charge in [-0.15, -0.1) is 0 Å². The Morgan fingerprint density at radius 1 is 1.03 bits per heavy atom. The van der Waals surface area contributed by atoms with Crippen LogP contribution >= 0.6 is 0 Å². The summed E-state index contributed by atoms with van der Waals surface area (Å²) in [5, 5.41) is 4.61. The van der Waals surface area contributed by atoms with Crippen molar-refractivity contribution in [2.24, 2.45) is 4.99 Å². The van der Waals surface area contributed by atoms with E-state index in [9.17, 15) is 4.79 Å². The summed E-state index contributed by atoms with van der Waals surface area (Å²) in [4.78, 5) is 16.9. The van der Waals surface area contributed by atoms with Crippen LogP contribution in [0.5, 0.6) is 0 Å². The Morgan fingerprint density at radius 3 is 2.31 bits per heavy atom. The summed E-state index contributed by atoms with van der Waals surface area (Å²) in [5.74, 6) is 0.292. The highest BCUT2D eigenvalue weighted by molar-refractivity contribution is 6.03. The molecule has 2 aromatic carbocycles. The highest BCUT2D eigenvalue weighted by Crippen LogP contribution is 2.36. The number of carbonyl (C=O) groups is 1. The summed E-state index contributed by atoms with van der Waals surface area (Å²) < 4.78 is 13.6. The molecule has 2 heterocycles. The summed E-state index contributed by atoms with van der Waals surface area (Å²) in [6, 6.07) is 20.0. The average Bonchev–Trinajstić information content (AvgIpc) is 3.59. The van der Waals surface area contributed by atoms with Crippen LogP contribution in [0.2, 0.25) is 0 Å². The van der Waals surface area contributed by atoms with E-state index in [1.165, 1.54) is 5.56 Å². The van der Waals surface area contributed by atoms with Crippen LogP contribution in [0.1, 0.15) is 55.8 Å². The Kier molecular flexibility index (Phi) is 7.20. The predicted molar refractivity (Wildman–Crippen MR) is 139 cm³/mol. The number of carbonyl (C=O) groups excluding carboxylic acids is 1. The second-order valence-electron chi connectivity index (χ2n) is 9.74. The minimum atomic E-state index is -0.338. The fraction of sp³-hybridized carbons (Fsp3) is 0.345. The largest absolute Gasteiger partial charge is 0.455 e. The van der Waals surface area contributed by atoms with Crippen LogP contribution in [-0.4, -0.2) is 34.8 Å². The fourth-order valence-electron chi connectivity index (χ4n) is 4.00. The second kappa shape index (κ2) is 10.3. The number of hydrogen-bond acceptors (Lipinski definition) is 5. The molecule has 4 rings (SSSR count). The lowest BCUT2D eigenvalue weighted by Crippen LogP contribution is -2.14. The number of aliphatic imine (C=N–C) groups is 1. The van der Waals surface area contributed by atoms with Crippen LogP contribution in [0.4, 0.5) is 0 Å². The van der Waals surface area contributed by atoms with Gasteiger partial charge in [-0.3, -0.25) is 14.5 Å². The standard InChI is InChI=1S/C29H33N3O3/c1-6-32-25(16-20(2)31-32)28(35-19-34-26(33)17-21-10-8-7-9-11-21)27(24-18-30-24)22-12-14-23(15-13-22)29(3,4)5/h7-16,18,24H,6,17,19H2,1-5H3/b28-27+. The van der Waals surface area contributed by atoms with E-state index in [4.69, 9.17) is 9.47 Å². The van der Waals surface area contributed by atoms with E-state index in [2.05, 4.69) is 55.1 Å². The molecule has 0 saturated heterocycles. The maximum atomic E-state index is 12.4. The van der Waals surface area contributed by atoms with Gasteiger partial charge in [0.15, 0.2) is 5.76 Å². The third kappa shape index (κ3) is 6.07. The summed E-state index contributed by atoms with van der Waals surface area (Å²) >= 11 is 0. The van der Waals surface area contributed by atoms with Gasteiger partial charge in [-0.1, -0.05) is 75.4 Å². The molecule has 0 radical (unpaired) electrons. The number of aryl methyl sites for hydroxylation is 2. The molecule has 0 bridgehead atoms. The van der Waals surface area contributed by atoms with Gasteiger partial charge >= 0.3 is 5.97 Å². The van der Waals surface area contributed by atoms with Crippen LogP contribution in [-0.2, 0) is 32.6 Å². The van der Waals surface area contributed by atoms with Gasteiger partial charge in [0.2, 0.25) is 6.79 Å². The van der Waals surface area contributed by atoms with Crippen LogP contribution in [0, 0.1) is 6.92 Å². The van der Waals surface area contributed by atoms with Crippen molar-refractivity contribution in [3.8, 4) is 0 Å². The molecule has 3 aromatic rings. The summed E-state index contributed by atoms with van der Waals surface area (Å²) in [5.41, 5.74) is 5.91. The van der Waals surface area contributed by atoms with Crippen molar-refractivity contribution in [2.45, 2.75) is 59.0 Å². The van der Waals surface area contributed by atoms with Gasteiger partial charge in [0, 0.05) is 18.3 Å². The molecule has 0 aliphatic carbocycles. The summed E-state index contributed by atoms with van der Waals surface area (Å²) in [6.45, 7) is 11.1. The van der Waals surface area contributed by atoms with Crippen LogP contribution in [0.3, 0.4) is 0 Å². The topological polar surface area (TPSA) is 65.7 Å². The van der Waals surface area contributed by atoms with Crippen LogP contribution in [0.15, 0.2) is 65.7 Å². The van der Waals surface area contributed by atoms with Gasteiger partial charge in [0.1, 0.15) is 11.7 Å². The molecule has 6 nitrogen and oxygen atoms in total. The molecule has 0 N–H and O–H groups in total. The van der Waals surface area contributed by atoms with Crippen molar-refractivity contribution in [1.29, 1.82) is 0 Å². The first-order chi connectivity index (χ1) is 16.8. The molecule has 1 aliphatic rings. The zero-order chi connectivity index (χ0) is 25.0. The lowest BCUT2D eigenvalue weighted by Gasteiger charge is -2.21. The maximum absolute atomic E-state index is 12.4. The first kappa shape index (κ1) is 24.5. The van der Waals surface area contributed by atoms with Gasteiger partial charge in [0.05, 0.1) is 12.1 Å². The molecule has 1 aliphatic heterocycles. The lowest BCUT2D eigenvalue weighted by atomic mass is 9.86. The maximum Gasteiger partial charge on any atom is 0.313 e. The number of benzene rings is 2. The summed E-state index contributed by atoms with van der Waals surface area (Å²) in [6.07, 6.45) is 2.10. The Morgan fingerprint density at radius 2 is 1.71 bits per heavy atom. The molecular weight excluding hydrogens is 438 g/mol. The number of hydrogen-bond donors (Lipinski definition) is 0. The number of nitrogens with zero attached hydrogens (tertiary/aromatic N) is 3. The zero-order valence-corrected chi connectivity index (χ0v) is 21.1.